The smallest absolute Gasteiger partial charge is 0.267 e. The number of halogens is 1. The number of nitrogens with two attached hydrogens (primary N) is 1. The number of thiophene rings is 2. The zero-order valence-electron chi connectivity index (χ0n) is 21.5. The van der Waals surface area contributed by atoms with Crippen LogP contribution in [0.25, 0.3) is 38.7 Å². The molecular formula is C33H22FN3O2S2. The second-order valence-electron chi connectivity index (χ2n) is 9.20. The molecule has 0 fully saturated rings. The van der Waals surface area contributed by atoms with Crippen molar-refractivity contribution in [1.29, 1.82) is 0 Å². The second-order valence-corrected chi connectivity index (χ2v) is 11.2. The van der Waals surface area contributed by atoms with Crippen molar-refractivity contribution >= 4 is 62.0 Å². The Kier molecular flexibility index (Phi) is 7.24. The van der Waals surface area contributed by atoms with Crippen LogP contribution in [0.3, 0.4) is 0 Å². The molecule has 6 rings (SSSR count). The Morgan fingerprint density at radius 1 is 0.878 bits per heavy atom. The summed E-state index contributed by atoms with van der Waals surface area (Å²) in [6.45, 7) is 0. The molecule has 3 aromatic heterocycles. The van der Waals surface area contributed by atoms with Crippen LogP contribution >= 0.6 is 22.7 Å². The van der Waals surface area contributed by atoms with E-state index in [4.69, 9.17) is 10.7 Å². The quantitative estimate of drug-likeness (QED) is 0.148. The van der Waals surface area contributed by atoms with Crippen LogP contribution < -0.4 is 11.1 Å². The van der Waals surface area contributed by atoms with E-state index in [2.05, 4.69) is 5.32 Å². The van der Waals surface area contributed by atoms with Crippen LogP contribution in [0, 0.1) is 5.82 Å². The third kappa shape index (κ3) is 5.56. The molecule has 3 aromatic carbocycles. The van der Waals surface area contributed by atoms with E-state index in [9.17, 15) is 14.0 Å². The van der Waals surface area contributed by atoms with Gasteiger partial charge in [0, 0.05) is 27.1 Å². The second kappa shape index (κ2) is 11.3. The first-order valence-corrected chi connectivity index (χ1v) is 14.4. The predicted octanol–water partition coefficient (Wildman–Crippen LogP) is 8.56. The first kappa shape index (κ1) is 26.3. The zero-order chi connectivity index (χ0) is 28.3. The van der Waals surface area contributed by atoms with E-state index < -0.39 is 0 Å². The molecule has 0 aliphatic carbocycles. The van der Waals surface area contributed by atoms with E-state index in [-0.39, 0.29) is 17.5 Å². The molecule has 0 saturated heterocycles. The number of aromatic nitrogens is 1. The van der Waals surface area contributed by atoms with Crippen LogP contribution in [-0.4, -0.2) is 16.7 Å². The van der Waals surface area contributed by atoms with Gasteiger partial charge in [-0.2, -0.15) is 0 Å². The van der Waals surface area contributed by atoms with Crippen LogP contribution in [0.2, 0.25) is 0 Å². The number of allylic oxidation sites excluding steroid dienone is 1. The highest BCUT2D eigenvalue weighted by molar-refractivity contribution is 7.21. The number of anilines is 2. The van der Waals surface area contributed by atoms with Crippen molar-refractivity contribution in [3.63, 3.8) is 0 Å². The molecule has 0 aliphatic rings. The van der Waals surface area contributed by atoms with Gasteiger partial charge in [-0.25, -0.2) is 9.37 Å². The highest BCUT2D eigenvalue weighted by Gasteiger charge is 2.22. The summed E-state index contributed by atoms with van der Waals surface area (Å²) in [5, 5.41) is 5.53. The number of fused-ring (bicyclic) bond motifs is 1. The molecule has 3 N–H and O–H groups in total. The lowest BCUT2D eigenvalue weighted by atomic mass is 9.99. The van der Waals surface area contributed by atoms with Crippen LogP contribution in [0.1, 0.15) is 24.9 Å². The zero-order valence-corrected chi connectivity index (χ0v) is 23.1. The lowest BCUT2D eigenvalue weighted by Gasteiger charge is -2.09. The number of ketones is 1. The summed E-state index contributed by atoms with van der Waals surface area (Å²) in [7, 11) is 0. The lowest BCUT2D eigenvalue weighted by molar-refractivity contribution is 0.102. The fourth-order valence-electron chi connectivity index (χ4n) is 4.45. The van der Waals surface area contributed by atoms with Crippen LogP contribution in [-0.2, 0) is 0 Å². The van der Waals surface area contributed by atoms with Crippen LogP contribution in [0.4, 0.5) is 15.8 Å². The summed E-state index contributed by atoms with van der Waals surface area (Å²) in [6.07, 6.45) is 3.32. The number of hydrogen-bond acceptors (Lipinski definition) is 6. The fourth-order valence-corrected chi connectivity index (χ4v) is 6.08. The van der Waals surface area contributed by atoms with Crippen molar-refractivity contribution in [2.45, 2.75) is 0 Å². The first-order valence-electron chi connectivity index (χ1n) is 12.7. The van der Waals surface area contributed by atoms with Gasteiger partial charge in [-0.1, -0.05) is 36.4 Å². The molecule has 0 unspecified atom stereocenters. The average Bonchev–Trinajstić information content (AvgIpc) is 3.64. The van der Waals surface area contributed by atoms with Crippen molar-refractivity contribution in [2.24, 2.45) is 0 Å². The summed E-state index contributed by atoms with van der Waals surface area (Å²) in [5.74, 6) is -0.823. The SMILES string of the molecule is Nc1c(C(=O)Nc2ccc(C(=O)C=Cc3cccs3)cc2)sc2nc(-c3ccc(F)cc3)cc(-c3ccccc3)c12. The first-order chi connectivity index (χ1) is 20.0. The minimum absolute atomic E-state index is 0.124. The van der Waals surface area contributed by atoms with Gasteiger partial charge >= 0.3 is 0 Å². The van der Waals surface area contributed by atoms with E-state index in [1.807, 2.05) is 53.9 Å². The van der Waals surface area contributed by atoms with Gasteiger partial charge in [0.1, 0.15) is 15.5 Å². The summed E-state index contributed by atoms with van der Waals surface area (Å²) in [6, 6.07) is 28.4. The maximum Gasteiger partial charge on any atom is 0.267 e. The number of amides is 1. The number of rotatable bonds is 7. The molecule has 3 heterocycles. The number of carbonyl (C=O) groups excluding carboxylic acids is 2. The van der Waals surface area contributed by atoms with E-state index in [0.29, 0.717) is 37.7 Å². The minimum Gasteiger partial charge on any atom is -0.397 e. The fraction of sp³-hybridized carbons (Fsp3) is 0. The van der Waals surface area contributed by atoms with Gasteiger partial charge < -0.3 is 11.1 Å². The minimum atomic E-state index is -0.371. The van der Waals surface area contributed by atoms with Gasteiger partial charge in [0.25, 0.3) is 5.91 Å². The number of nitrogens with one attached hydrogen (secondary N) is 1. The van der Waals surface area contributed by atoms with Crippen molar-refractivity contribution in [1.82, 2.24) is 4.98 Å². The maximum atomic E-state index is 13.6. The summed E-state index contributed by atoms with van der Waals surface area (Å²) in [4.78, 5) is 32.6. The van der Waals surface area contributed by atoms with Crippen molar-refractivity contribution in [3.05, 3.63) is 130 Å². The average molecular weight is 576 g/mol. The topological polar surface area (TPSA) is 85.1 Å². The lowest BCUT2D eigenvalue weighted by Crippen LogP contribution is -2.12. The molecule has 8 heteroatoms. The van der Waals surface area contributed by atoms with Crippen LogP contribution in [0.5, 0.6) is 0 Å². The molecule has 41 heavy (non-hydrogen) atoms. The predicted molar refractivity (Wildman–Crippen MR) is 167 cm³/mol. The standard InChI is InChI=1S/C33H22FN3O2S2/c34-23-12-8-21(9-13-23)27-19-26(20-5-2-1-3-6-20)29-30(35)31(41-33(29)37-27)32(39)36-24-14-10-22(11-15-24)28(38)17-16-25-7-4-18-40-25/h1-19H,35H2,(H,36,39). The Morgan fingerprint density at radius 3 is 2.34 bits per heavy atom. The molecule has 0 spiro atoms. The largest absolute Gasteiger partial charge is 0.397 e. The third-order valence-corrected chi connectivity index (χ3v) is 8.44. The maximum absolute atomic E-state index is 13.6. The number of hydrogen-bond donors (Lipinski definition) is 2. The summed E-state index contributed by atoms with van der Waals surface area (Å²) in [5.41, 5.74) is 11.1. The van der Waals surface area contributed by atoms with E-state index in [0.717, 1.165) is 21.6 Å². The molecule has 200 valence electrons. The molecule has 1 amide bonds. The number of nitrogens with zero attached hydrogens (tertiary/aromatic N) is 1. The highest BCUT2D eigenvalue weighted by atomic mass is 32.1. The number of carbonyl (C=O) groups is 2. The number of nitrogen functional groups attached to an aromatic ring is 1. The van der Waals surface area contributed by atoms with Gasteiger partial charge in [0.05, 0.1) is 11.4 Å². The Hall–Kier alpha value is -4.92. The normalized spacial score (nSPS) is 11.2. The molecule has 0 radical (unpaired) electrons. The number of benzene rings is 3. The van der Waals surface area contributed by atoms with E-state index >= 15 is 0 Å². The van der Waals surface area contributed by atoms with Gasteiger partial charge in [-0.15, -0.1) is 22.7 Å². The van der Waals surface area contributed by atoms with Gasteiger partial charge in [0.15, 0.2) is 5.78 Å². The highest BCUT2D eigenvalue weighted by Crippen LogP contribution is 2.41. The van der Waals surface area contributed by atoms with Gasteiger partial charge in [-0.3, -0.25) is 9.59 Å². The van der Waals surface area contributed by atoms with Gasteiger partial charge in [-0.05, 0) is 89.3 Å². The molecule has 5 nitrogen and oxygen atoms in total. The molecule has 0 bridgehead atoms. The monoisotopic (exact) mass is 575 g/mol. The van der Waals surface area contributed by atoms with E-state index in [1.54, 1.807) is 53.8 Å². The van der Waals surface area contributed by atoms with Gasteiger partial charge in [0.2, 0.25) is 0 Å². The van der Waals surface area contributed by atoms with Crippen molar-refractivity contribution < 1.29 is 14.0 Å². The van der Waals surface area contributed by atoms with E-state index in [1.165, 1.54) is 29.5 Å². The molecule has 0 aliphatic heterocycles. The Labute approximate surface area is 243 Å². The Morgan fingerprint density at radius 2 is 1.63 bits per heavy atom. The molecule has 0 saturated carbocycles. The molecular weight excluding hydrogens is 554 g/mol. The summed E-state index contributed by atoms with van der Waals surface area (Å²) >= 11 is 2.76. The molecule has 0 atom stereocenters. The third-order valence-electron chi connectivity index (χ3n) is 6.50. The van der Waals surface area contributed by atoms with Crippen LogP contribution in [0.15, 0.2) is 109 Å². The molecule has 6 aromatic rings. The van der Waals surface area contributed by atoms with Crippen molar-refractivity contribution in [2.75, 3.05) is 11.1 Å². The Balaban J connectivity index is 1.31. The Bertz CT molecular complexity index is 1900. The van der Waals surface area contributed by atoms with Crippen molar-refractivity contribution in [3.8, 4) is 22.4 Å². The number of pyridine rings is 1. The summed E-state index contributed by atoms with van der Waals surface area (Å²) < 4.78 is 13.6.